The van der Waals surface area contributed by atoms with Gasteiger partial charge in [0.05, 0.1) is 21.3 Å². The first-order valence-corrected chi connectivity index (χ1v) is 5.78. The topological polar surface area (TPSA) is 53.7 Å². The first-order valence-electron chi connectivity index (χ1n) is 5.78. The van der Waals surface area contributed by atoms with Crippen molar-refractivity contribution in [2.45, 2.75) is 18.8 Å². The van der Waals surface area contributed by atoms with Crippen molar-refractivity contribution in [2.75, 3.05) is 27.9 Å². The molecule has 1 aliphatic carbocycles. The van der Waals surface area contributed by atoms with Gasteiger partial charge in [0.1, 0.15) is 0 Å². The Labute approximate surface area is 102 Å². The van der Waals surface area contributed by atoms with E-state index in [2.05, 4.69) is 0 Å². The molecule has 4 heteroatoms. The predicted molar refractivity (Wildman–Crippen MR) is 66.2 cm³/mol. The van der Waals surface area contributed by atoms with Crippen molar-refractivity contribution in [3.63, 3.8) is 0 Å². The van der Waals surface area contributed by atoms with Gasteiger partial charge >= 0.3 is 0 Å². The van der Waals surface area contributed by atoms with Crippen LogP contribution in [-0.4, -0.2) is 27.9 Å². The first-order chi connectivity index (χ1) is 8.26. The summed E-state index contributed by atoms with van der Waals surface area (Å²) in [4.78, 5) is 0. The second kappa shape index (κ2) is 4.84. The summed E-state index contributed by atoms with van der Waals surface area (Å²) in [7, 11) is 4.92. The molecule has 4 nitrogen and oxygen atoms in total. The number of hydrogen-bond donors (Lipinski definition) is 1. The van der Waals surface area contributed by atoms with E-state index in [1.54, 1.807) is 21.3 Å². The molecule has 0 radical (unpaired) electrons. The van der Waals surface area contributed by atoms with Crippen LogP contribution in [0.4, 0.5) is 0 Å². The van der Waals surface area contributed by atoms with Crippen LogP contribution in [0.2, 0.25) is 0 Å². The van der Waals surface area contributed by atoms with E-state index in [-0.39, 0.29) is 0 Å². The van der Waals surface area contributed by atoms with Crippen molar-refractivity contribution in [3.05, 3.63) is 17.2 Å². The quantitative estimate of drug-likeness (QED) is 0.866. The average molecular weight is 237 g/mol. The van der Waals surface area contributed by atoms with Crippen molar-refractivity contribution < 1.29 is 14.2 Å². The van der Waals surface area contributed by atoms with Crippen molar-refractivity contribution in [3.8, 4) is 17.2 Å². The summed E-state index contributed by atoms with van der Waals surface area (Å²) in [6.45, 7) is 0.638. The number of hydrogen-bond acceptors (Lipinski definition) is 4. The van der Waals surface area contributed by atoms with Crippen LogP contribution >= 0.6 is 0 Å². The molecule has 0 fully saturated rings. The second-order valence-corrected chi connectivity index (χ2v) is 4.19. The smallest absolute Gasteiger partial charge is 0.203 e. The Morgan fingerprint density at radius 1 is 1.18 bits per heavy atom. The maximum absolute atomic E-state index is 5.81. The van der Waals surface area contributed by atoms with Crippen LogP contribution in [0, 0.1) is 0 Å². The number of fused-ring (bicyclic) bond motifs is 1. The molecule has 0 aliphatic heterocycles. The van der Waals surface area contributed by atoms with E-state index in [1.165, 1.54) is 11.1 Å². The van der Waals surface area contributed by atoms with Crippen LogP contribution < -0.4 is 19.9 Å². The van der Waals surface area contributed by atoms with E-state index in [0.29, 0.717) is 18.2 Å². The van der Waals surface area contributed by atoms with Crippen LogP contribution in [0.3, 0.4) is 0 Å². The summed E-state index contributed by atoms with van der Waals surface area (Å²) >= 11 is 0. The van der Waals surface area contributed by atoms with Crippen molar-refractivity contribution in [1.82, 2.24) is 0 Å². The molecule has 0 amide bonds. The van der Waals surface area contributed by atoms with Gasteiger partial charge in [0.2, 0.25) is 5.75 Å². The summed E-state index contributed by atoms with van der Waals surface area (Å²) in [5, 5.41) is 0. The van der Waals surface area contributed by atoms with Gasteiger partial charge in [0.25, 0.3) is 0 Å². The number of ether oxygens (including phenoxy) is 3. The van der Waals surface area contributed by atoms with Crippen LogP contribution in [0.1, 0.15) is 23.5 Å². The molecule has 0 saturated carbocycles. The zero-order chi connectivity index (χ0) is 12.4. The van der Waals surface area contributed by atoms with Gasteiger partial charge in [-0.3, -0.25) is 0 Å². The molecule has 0 aromatic heterocycles. The van der Waals surface area contributed by atoms with Gasteiger partial charge in [0.15, 0.2) is 11.5 Å². The SMILES string of the molecule is COc1cc2c(c(OC)c1OC)C(CN)CC2. The van der Waals surface area contributed by atoms with Gasteiger partial charge in [-0.05, 0) is 31.0 Å². The molecule has 17 heavy (non-hydrogen) atoms. The maximum Gasteiger partial charge on any atom is 0.203 e. The number of methoxy groups -OCH3 is 3. The monoisotopic (exact) mass is 237 g/mol. The van der Waals surface area contributed by atoms with Gasteiger partial charge in [-0.15, -0.1) is 0 Å². The summed E-state index contributed by atoms with van der Waals surface area (Å²) in [6.07, 6.45) is 2.09. The van der Waals surface area contributed by atoms with Crippen molar-refractivity contribution >= 4 is 0 Å². The number of benzene rings is 1. The third-order valence-corrected chi connectivity index (χ3v) is 3.41. The molecule has 94 valence electrons. The molecule has 0 bridgehead atoms. The highest BCUT2D eigenvalue weighted by Gasteiger charge is 2.29. The Kier molecular flexibility index (Phi) is 3.43. The molecular formula is C13H19NO3. The second-order valence-electron chi connectivity index (χ2n) is 4.19. The van der Waals surface area contributed by atoms with Crippen molar-refractivity contribution in [1.29, 1.82) is 0 Å². The van der Waals surface area contributed by atoms with E-state index in [4.69, 9.17) is 19.9 Å². The minimum absolute atomic E-state index is 0.361. The summed E-state index contributed by atoms with van der Waals surface area (Å²) < 4.78 is 16.2. The predicted octanol–water partition coefficient (Wildman–Crippen LogP) is 1.70. The molecule has 2 N–H and O–H groups in total. The Hall–Kier alpha value is -1.42. The Morgan fingerprint density at radius 3 is 2.41 bits per heavy atom. The third kappa shape index (κ3) is 1.82. The zero-order valence-corrected chi connectivity index (χ0v) is 10.6. The van der Waals surface area contributed by atoms with Crippen LogP contribution in [0.15, 0.2) is 6.07 Å². The highest BCUT2D eigenvalue weighted by molar-refractivity contribution is 5.61. The molecule has 2 rings (SSSR count). The van der Waals surface area contributed by atoms with Gasteiger partial charge in [-0.1, -0.05) is 0 Å². The highest BCUT2D eigenvalue weighted by atomic mass is 16.5. The summed E-state index contributed by atoms with van der Waals surface area (Å²) in [5.41, 5.74) is 8.25. The minimum Gasteiger partial charge on any atom is -0.493 e. The number of aryl methyl sites for hydroxylation is 1. The molecule has 1 aromatic rings. The van der Waals surface area contributed by atoms with E-state index in [1.807, 2.05) is 6.07 Å². The maximum atomic E-state index is 5.81. The fourth-order valence-corrected chi connectivity index (χ4v) is 2.59. The normalized spacial score (nSPS) is 17.8. The summed E-state index contributed by atoms with van der Waals surface area (Å²) in [6, 6.07) is 2.03. The largest absolute Gasteiger partial charge is 0.493 e. The highest BCUT2D eigenvalue weighted by Crippen LogP contribution is 2.48. The Morgan fingerprint density at radius 2 is 1.88 bits per heavy atom. The molecule has 0 spiro atoms. The lowest BCUT2D eigenvalue weighted by Gasteiger charge is -2.18. The lowest BCUT2D eigenvalue weighted by Crippen LogP contribution is -2.11. The lowest BCUT2D eigenvalue weighted by molar-refractivity contribution is 0.321. The van der Waals surface area contributed by atoms with Gasteiger partial charge < -0.3 is 19.9 Å². The van der Waals surface area contributed by atoms with Gasteiger partial charge in [0, 0.05) is 11.5 Å². The Balaban J connectivity index is 2.62. The van der Waals surface area contributed by atoms with Gasteiger partial charge in [-0.25, -0.2) is 0 Å². The third-order valence-electron chi connectivity index (χ3n) is 3.41. The fourth-order valence-electron chi connectivity index (χ4n) is 2.59. The van der Waals surface area contributed by atoms with Gasteiger partial charge in [-0.2, -0.15) is 0 Å². The average Bonchev–Trinajstić information content (AvgIpc) is 2.78. The van der Waals surface area contributed by atoms with Crippen LogP contribution in [0.5, 0.6) is 17.2 Å². The molecular weight excluding hydrogens is 218 g/mol. The van der Waals surface area contributed by atoms with Crippen molar-refractivity contribution in [2.24, 2.45) is 5.73 Å². The molecule has 1 atom stereocenters. The molecule has 1 aliphatic rings. The fraction of sp³-hybridized carbons (Fsp3) is 0.538. The van der Waals surface area contributed by atoms with Crippen LogP contribution in [0.25, 0.3) is 0 Å². The zero-order valence-electron chi connectivity index (χ0n) is 10.6. The number of rotatable bonds is 4. The first kappa shape index (κ1) is 12.0. The standard InChI is InChI=1S/C13H19NO3/c1-15-10-6-8-4-5-9(7-14)11(8)13(17-3)12(10)16-2/h6,9H,4-5,7,14H2,1-3H3. The number of nitrogens with two attached hydrogens (primary N) is 1. The lowest BCUT2D eigenvalue weighted by atomic mass is 9.99. The minimum atomic E-state index is 0.361. The molecule has 0 saturated heterocycles. The van der Waals surface area contributed by atoms with E-state index in [9.17, 15) is 0 Å². The van der Waals surface area contributed by atoms with E-state index < -0.39 is 0 Å². The molecule has 1 unspecified atom stereocenters. The van der Waals surface area contributed by atoms with Crippen LogP contribution in [-0.2, 0) is 6.42 Å². The Bertz CT molecular complexity index is 418. The summed E-state index contributed by atoms with van der Waals surface area (Å²) in [5.74, 6) is 2.52. The molecule has 0 heterocycles. The van der Waals surface area contributed by atoms with E-state index >= 15 is 0 Å². The molecule has 1 aromatic carbocycles. The van der Waals surface area contributed by atoms with E-state index in [0.717, 1.165) is 24.3 Å².